The van der Waals surface area contributed by atoms with Gasteiger partial charge in [-0.3, -0.25) is 37.3 Å². The monoisotopic (exact) mass is 1490 g/mol. The van der Waals surface area contributed by atoms with Gasteiger partial charge in [-0.05, 0) is 31.6 Å². The predicted molar refractivity (Wildman–Crippen MR) is 418 cm³/mol. The van der Waals surface area contributed by atoms with Gasteiger partial charge in [-0.25, -0.2) is 9.13 Å². The smallest absolute Gasteiger partial charge is 0.462 e. The van der Waals surface area contributed by atoms with Gasteiger partial charge < -0.3 is 33.8 Å². The van der Waals surface area contributed by atoms with Crippen molar-refractivity contribution in [1.29, 1.82) is 0 Å². The van der Waals surface area contributed by atoms with Crippen LogP contribution in [0, 0.1) is 5.92 Å². The van der Waals surface area contributed by atoms with Gasteiger partial charge in [-0.15, -0.1) is 0 Å². The van der Waals surface area contributed by atoms with Gasteiger partial charge in [0.15, 0.2) is 12.2 Å². The van der Waals surface area contributed by atoms with E-state index in [2.05, 4.69) is 34.6 Å². The summed E-state index contributed by atoms with van der Waals surface area (Å²) >= 11 is 0. The summed E-state index contributed by atoms with van der Waals surface area (Å²) in [6.07, 6.45) is 67.7. The Morgan fingerprint density at radius 1 is 0.275 bits per heavy atom. The molecule has 0 aliphatic rings. The van der Waals surface area contributed by atoms with Gasteiger partial charge in [-0.2, -0.15) is 0 Å². The molecule has 0 aromatic rings. The third-order valence-electron chi connectivity index (χ3n) is 19.9. The molecule has 0 amide bonds. The molecule has 0 heterocycles. The molecule has 0 aromatic carbocycles. The van der Waals surface area contributed by atoms with Crippen molar-refractivity contribution in [2.24, 2.45) is 5.92 Å². The van der Waals surface area contributed by atoms with Crippen LogP contribution in [-0.2, 0) is 65.4 Å². The molecule has 0 aliphatic carbocycles. The van der Waals surface area contributed by atoms with Crippen molar-refractivity contribution in [3.05, 3.63) is 0 Å². The maximum Gasteiger partial charge on any atom is 0.472 e. The summed E-state index contributed by atoms with van der Waals surface area (Å²) in [6.45, 7) is 7.41. The van der Waals surface area contributed by atoms with E-state index < -0.39 is 97.5 Å². The summed E-state index contributed by atoms with van der Waals surface area (Å²) in [6, 6.07) is 0. The third kappa shape index (κ3) is 74.9. The Balaban J connectivity index is 5.26. The van der Waals surface area contributed by atoms with Crippen LogP contribution in [-0.4, -0.2) is 96.7 Å². The Hall–Kier alpha value is -1.94. The molecule has 0 radical (unpaired) electrons. The van der Waals surface area contributed by atoms with Crippen molar-refractivity contribution < 1.29 is 80.2 Å². The number of aliphatic hydroxyl groups excluding tert-OH is 1. The molecule has 0 bridgehead atoms. The minimum absolute atomic E-state index is 0.109. The molecule has 19 heteroatoms. The number of hydrogen-bond acceptors (Lipinski definition) is 15. The van der Waals surface area contributed by atoms with Crippen LogP contribution in [0.1, 0.15) is 446 Å². The van der Waals surface area contributed by atoms with Gasteiger partial charge in [-0.1, -0.05) is 394 Å². The molecular formula is C83H162O17P2. The van der Waals surface area contributed by atoms with Crippen LogP contribution in [0.3, 0.4) is 0 Å². The standard InChI is InChI=1S/C83H162O17P2/c1-6-10-13-16-19-22-25-28-30-32-37-42-47-52-57-62-67-81(86)94-73-79(100-83(88)69-64-59-54-49-44-39-35-34-36-40-45-50-55-60-65-76(5)9-4)75-98-102(91,92)96-71-77(84)70-95-101(89,90)97-74-78(72-93-80(85)66-61-56-51-46-41-27-24-21-18-15-12-8-3)99-82(87)68-63-58-53-48-43-38-33-31-29-26-23-20-17-14-11-7-2/h76-79,84H,6-75H2,1-5H3,(H,89,90)(H,91,92)/t76?,77-,78+,79+/m0/s1. The highest BCUT2D eigenvalue weighted by atomic mass is 31.2. The second-order valence-corrected chi connectivity index (χ2v) is 33.0. The lowest BCUT2D eigenvalue weighted by Gasteiger charge is -2.21. The number of esters is 4. The van der Waals surface area contributed by atoms with Crippen molar-refractivity contribution >= 4 is 39.5 Å². The van der Waals surface area contributed by atoms with E-state index in [0.29, 0.717) is 25.7 Å². The summed E-state index contributed by atoms with van der Waals surface area (Å²) in [4.78, 5) is 73.2. The van der Waals surface area contributed by atoms with Gasteiger partial charge in [0.1, 0.15) is 19.3 Å². The topological polar surface area (TPSA) is 237 Å². The number of phosphoric acid groups is 2. The molecule has 0 rings (SSSR count). The van der Waals surface area contributed by atoms with Crippen LogP contribution in [0.5, 0.6) is 0 Å². The Morgan fingerprint density at radius 3 is 0.696 bits per heavy atom. The second-order valence-electron chi connectivity index (χ2n) is 30.1. The fourth-order valence-electron chi connectivity index (χ4n) is 12.9. The molecule has 0 fully saturated rings. The highest BCUT2D eigenvalue weighted by Crippen LogP contribution is 2.45. The van der Waals surface area contributed by atoms with Crippen molar-refractivity contribution in [1.82, 2.24) is 0 Å². The van der Waals surface area contributed by atoms with E-state index in [0.717, 1.165) is 95.8 Å². The number of unbranched alkanes of at least 4 members (excludes halogenated alkanes) is 54. The zero-order chi connectivity index (χ0) is 74.8. The first kappa shape index (κ1) is 100. The zero-order valence-electron chi connectivity index (χ0n) is 66.8. The zero-order valence-corrected chi connectivity index (χ0v) is 68.5. The lowest BCUT2D eigenvalue weighted by Crippen LogP contribution is -2.30. The molecule has 17 nitrogen and oxygen atoms in total. The first-order valence-corrected chi connectivity index (χ1v) is 46.2. The van der Waals surface area contributed by atoms with Crippen molar-refractivity contribution in [2.45, 2.75) is 464 Å². The number of ether oxygens (including phenoxy) is 4. The number of rotatable bonds is 83. The van der Waals surface area contributed by atoms with Gasteiger partial charge >= 0.3 is 39.5 Å². The van der Waals surface area contributed by atoms with Gasteiger partial charge in [0, 0.05) is 25.7 Å². The molecule has 3 unspecified atom stereocenters. The van der Waals surface area contributed by atoms with Crippen LogP contribution in [0.4, 0.5) is 0 Å². The maximum atomic E-state index is 13.1. The SMILES string of the molecule is CCCCCCCCCCCCCCCCCCC(=O)OC[C@H](COP(=O)(O)OC[C@@H](O)COP(=O)(O)OC[C@@H](COC(=O)CCCCCCCCCCCCCC)OC(=O)CCCCCCCCCCCCCCCCCC)OC(=O)CCCCCCCCCCCCCCCCC(C)CC. The third-order valence-corrected chi connectivity index (χ3v) is 21.8. The van der Waals surface area contributed by atoms with Crippen LogP contribution in [0.25, 0.3) is 0 Å². The van der Waals surface area contributed by atoms with E-state index in [1.807, 2.05) is 0 Å². The average Bonchev–Trinajstić information content (AvgIpc) is 0.926. The number of hydrogen-bond donors (Lipinski definition) is 3. The molecule has 0 aromatic heterocycles. The molecule has 3 N–H and O–H groups in total. The average molecular weight is 1490 g/mol. The summed E-state index contributed by atoms with van der Waals surface area (Å²) in [5.41, 5.74) is 0. The second kappa shape index (κ2) is 75.9. The summed E-state index contributed by atoms with van der Waals surface area (Å²) < 4.78 is 68.8. The molecule has 0 aliphatic heterocycles. The lowest BCUT2D eigenvalue weighted by atomic mass is 9.99. The van der Waals surface area contributed by atoms with Gasteiger partial charge in [0.2, 0.25) is 0 Å². The van der Waals surface area contributed by atoms with E-state index in [-0.39, 0.29) is 25.7 Å². The van der Waals surface area contributed by atoms with E-state index in [1.54, 1.807) is 0 Å². The lowest BCUT2D eigenvalue weighted by molar-refractivity contribution is -0.161. The van der Waals surface area contributed by atoms with Crippen LogP contribution in [0.2, 0.25) is 0 Å². The van der Waals surface area contributed by atoms with E-state index in [4.69, 9.17) is 37.0 Å². The minimum Gasteiger partial charge on any atom is -0.462 e. The fourth-order valence-corrected chi connectivity index (χ4v) is 14.5. The summed E-state index contributed by atoms with van der Waals surface area (Å²) in [5.74, 6) is -1.25. The molecule has 0 spiro atoms. The van der Waals surface area contributed by atoms with E-state index >= 15 is 0 Å². The summed E-state index contributed by atoms with van der Waals surface area (Å²) in [7, 11) is -9.92. The maximum absolute atomic E-state index is 13.1. The quantitative estimate of drug-likeness (QED) is 0.0222. The molecule has 0 saturated carbocycles. The van der Waals surface area contributed by atoms with Crippen molar-refractivity contribution in [2.75, 3.05) is 39.6 Å². The number of carbonyl (C=O) groups excluding carboxylic acids is 4. The van der Waals surface area contributed by atoms with Crippen LogP contribution >= 0.6 is 15.6 Å². The van der Waals surface area contributed by atoms with Crippen molar-refractivity contribution in [3.8, 4) is 0 Å². The number of aliphatic hydroxyl groups is 1. The van der Waals surface area contributed by atoms with Gasteiger partial charge in [0.25, 0.3) is 0 Å². The van der Waals surface area contributed by atoms with Gasteiger partial charge in [0.05, 0.1) is 26.4 Å². The Labute approximate surface area is 626 Å². The minimum atomic E-state index is -4.96. The molecule has 0 saturated heterocycles. The molecule has 606 valence electrons. The molecular weight excluding hydrogens is 1330 g/mol. The number of carbonyl (C=O) groups is 4. The highest BCUT2D eigenvalue weighted by molar-refractivity contribution is 7.47. The Morgan fingerprint density at radius 2 is 0.471 bits per heavy atom. The van der Waals surface area contributed by atoms with Crippen LogP contribution in [0.15, 0.2) is 0 Å². The molecule has 6 atom stereocenters. The highest BCUT2D eigenvalue weighted by Gasteiger charge is 2.30. The van der Waals surface area contributed by atoms with Crippen molar-refractivity contribution in [3.63, 3.8) is 0 Å². The normalized spacial score (nSPS) is 14.1. The summed E-state index contributed by atoms with van der Waals surface area (Å²) in [5, 5.41) is 10.7. The Bertz CT molecular complexity index is 1950. The fraction of sp³-hybridized carbons (Fsp3) is 0.952. The molecule has 102 heavy (non-hydrogen) atoms. The first-order valence-electron chi connectivity index (χ1n) is 43.2. The van der Waals surface area contributed by atoms with Crippen LogP contribution < -0.4 is 0 Å². The predicted octanol–water partition coefficient (Wildman–Crippen LogP) is 25.2. The Kier molecular flexibility index (Phi) is 74.4. The van der Waals surface area contributed by atoms with E-state index in [9.17, 15) is 43.2 Å². The van der Waals surface area contributed by atoms with E-state index in [1.165, 1.54) is 270 Å². The first-order chi connectivity index (χ1) is 49.6. The number of phosphoric ester groups is 2. The largest absolute Gasteiger partial charge is 0.472 e.